The van der Waals surface area contributed by atoms with Crippen molar-refractivity contribution in [2.24, 2.45) is 0 Å². The first-order chi connectivity index (χ1) is 1.91. The fourth-order valence-electron chi connectivity index (χ4n) is 0. The van der Waals surface area contributed by atoms with E-state index in [1.54, 1.807) is 12.2 Å². The van der Waals surface area contributed by atoms with Crippen LogP contribution in [-0.2, 0) is 0 Å². The van der Waals surface area contributed by atoms with Crippen LogP contribution in [0.5, 0.6) is 0 Å². The van der Waals surface area contributed by atoms with Gasteiger partial charge in [0.2, 0.25) is 0 Å². The summed E-state index contributed by atoms with van der Waals surface area (Å²) in [5.41, 5.74) is 0. The van der Waals surface area contributed by atoms with Gasteiger partial charge in [0.1, 0.15) is 0 Å². The van der Waals surface area contributed by atoms with Crippen LogP contribution >= 0.6 is 0 Å². The van der Waals surface area contributed by atoms with E-state index in [4.69, 9.17) is 0 Å². The van der Waals surface area contributed by atoms with Crippen LogP contribution in [0.25, 0.3) is 0 Å². The predicted molar refractivity (Wildman–Crippen MR) is 26.1 cm³/mol. The molecule has 22 valence electrons. The van der Waals surface area contributed by atoms with Crippen molar-refractivity contribution in [2.45, 2.75) is 0 Å². The maximum Gasteiger partial charge on any atom is 2.00 e. The van der Waals surface area contributed by atoms with Crippen molar-refractivity contribution < 1.29 is 0 Å². The van der Waals surface area contributed by atoms with Crippen LogP contribution in [0.1, 0.15) is 0 Å². The Morgan fingerprint density at radius 2 is 1.20 bits per heavy atom. The molecular weight excluding hydrogens is 72.3 g/mol. The summed E-state index contributed by atoms with van der Waals surface area (Å²) in [6.45, 7) is 6.72. The summed E-state index contributed by atoms with van der Waals surface area (Å²) in [6, 6.07) is 0. The second-order valence-corrected chi connectivity index (χ2v) is 0.471. The molecule has 0 spiro atoms. The zero-order valence-corrected chi connectivity index (χ0v) is 4.69. The Kier molecular flexibility index (Phi) is 15.9. The molecule has 0 rings (SSSR count). The van der Waals surface area contributed by atoms with E-state index in [2.05, 4.69) is 13.2 Å². The van der Waals surface area contributed by atoms with E-state index in [-0.39, 0.29) is 23.1 Å². The molecular formula is C4H6Mg+2. The molecule has 0 aromatic heterocycles. The smallest absolute Gasteiger partial charge is 0.0991 e. The summed E-state index contributed by atoms with van der Waals surface area (Å²) in [5, 5.41) is 0. The third-order valence-electron chi connectivity index (χ3n) is 0.167. The van der Waals surface area contributed by atoms with Gasteiger partial charge in [0.15, 0.2) is 0 Å². The number of hydrogen-bond donors (Lipinski definition) is 0. The third kappa shape index (κ3) is 13.8. The Morgan fingerprint density at radius 3 is 1.20 bits per heavy atom. The predicted octanol–water partition coefficient (Wildman–Crippen LogP) is 0.978. The van der Waals surface area contributed by atoms with Crippen molar-refractivity contribution in [1.82, 2.24) is 0 Å². The molecule has 0 bridgehead atoms. The molecule has 1 heteroatoms. The van der Waals surface area contributed by atoms with Gasteiger partial charge >= 0.3 is 23.1 Å². The van der Waals surface area contributed by atoms with E-state index in [9.17, 15) is 0 Å². The molecule has 0 aliphatic heterocycles. The Morgan fingerprint density at radius 1 is 1.00 bits per heavy atom. The second-order valence-electron chi connectivity index (χ2n) is 0.471. The van der Waals surface area contributed by atoms with Crippen molar-refractivity contribution >= 4 is 23.1 Å². The second kappa shape index (κ2) is 8.87. The molecule has 0 fully saturated rings. The van der Waals surface area contributed by atoms with Gasteiger partial charge in [-0.05, 0) is 0 Å². The molecule has 5 heavy (non-hydrogen) atoms. The average Bonchev–Trinajstić information content (AvgIpc) is 1.37. The Balaban J connectivity index is 0. The van der Waals surface area contributed by atoms with Crippen molar-refractivity contribution in [3.05, 3.63) is 25.3 Å². The summed E-state index contributed by atoms with van der Waals surface area (Å²) in [6.07, 6.45) is 3.28. The summed E-state index contributed by atoms with van der Waals surface area (Å²) < 4.78 is 0. The zero-order valence-electron chi connectivity index (χ0n) is 3.28. The fraction of sp³-hybridized carbons (Fsp3) is 0. The first-order valence-electron chi connectivity index (χ1n) is 1.15. The maximum absolute atomic E-state index is 3.36. The summed E-state index contributed by atoms with van der Waals surface area (Å²) >= 11 is 0. The van der Waals surface area contributed by atoms with Crippen molar-refractivity contribution in [1.29, 1.82) is 0 Å². The minimum atomic E-state index is 0. The van der Waals surface area contributed by atoms with Gasteiger partial charge in [-0.25, -0.2) is 0 Å². The van der Waals surface area contributed by atoms with Gasteiger partial charge in [-0.3, -0.25) is 0 Å². The SMILES string of the molecule is C=CC=C.[Mg+2]. The topological polar surface area (TPSA) is 0 Å². The van der Waals surface area contributed by atoms with Gasteiger partial charge in [-0.2, -0.15) is 0 Å². The number of rotatable bonds is 1. The van der Waals surface area contributed by atoms with Crippen LogP contribution in [-0.4, -0.2) is 23.1 Å². The molecule has 0 aliphatic rings. The van der Waals surface area contributed by atoms with E-state index in [1.807, 2.05) is 0 Å². The Labute approximate surface area is 48.7 Å². The summed E-state index contributed by atoms with van der Waals surface area (Å²) in [5.74, 6) is 0. The van der Waals surface area contributed by atoms with E-state index in [1.165, 1.54) is 0 Å². The minimum Gasteiger partial charge on any atom is -0.0991 e. The van der Waals surface area contributed by atoms with Crippen molar-refractivity contribution in [3.63, 3.8) is 0 Å². The normalized spacial score (nSPS) is 4.00. The van der Waals surface area contributed by atoms with Crippen LogP contribution < -0.4 is 0 Å². The zero-order chi connectivity index (χ0) is 3.41. The average molecular weight is 78.4 g/mol. The van der Waals surface area contributed by atoms with Gasteiger partial charge in [0.05, 0.1) is 0 Å². The van der Waals surface area contributed by atoms with Gasteiger partial charge in [0, 0.05) is 0 Å². The molecule has 0 aromatic carbocycles. The van der Waals surface area contributed by atoms with Crippen LogP contribution in [0, 0.1) is 0 Å². The Hall–Kier alpha value is 0.246. The molecule has 0 N–H and O–H groups in total. The maximum atomic E-state index is 3.36. The number of allylic oxidation sites excluding steroid dienone is 2. The third-order valence-corrected chi connectivity index (χ3v) is 0.167. The van der Waals surface area contributed by atoms with Crippen molar-refractivity contribution in [2.75, 3.05) is 0 Å². The van der Waals surface area contributed by atoms with E-state index < -0.39 is 0 Å². The first kappa shape index (κ1) is 8.98. The van der Waals surface area contributed by atoms with Crippen LogP contribution in [0.4, 0.5) is 0 Å². The van der Waals surface area contributed by atoms with Crippen molar-refractivity contribution in [3.8, 4) is 0 Å². The molecule has 0 unspecified atom stereocenters. The molecule has 0 saturated carbocycles. The largest absolute Gasteiger partial charge is 2.00 e. The van der Waals surface area contributed by atoms with E-state index in [0.717, 1.165) is 0 Å². The van der Waals surface area contributed by atoms with Gasteiger partial charge < -0.3 is 0 Å². The number of hydrogen-bond acceptors (Lipinski definition) is 0. The van der Waals surface area contributed by atoms with Gasteiger partial charge in [-0.1, -0.05) is 25.3 Å². The molecule has 0 radical (unpaired) electrons. The van der Waals surface area contributed by atoms with Crippen LogP contribution in [0.2, 0.25) is 0 Å². The van der Waals surface area contributed by atoms with Crippen LogP contribution in [0.3, 0.4) is 0 Å². The standard InChI is InChI=1S/C4H6.Mg/c1-3-4-2;/h3-4H,1-2H2;/q;+2. The summed E-state index contributed by atoms with van der Waals surface area (Å²) in [4.78, 5) is 0. The van der Waals surface area contributed by atoms with E-state index in [0.29, 0.717) is 0 Å². The fourth-order valence-corrected chi connectivity index (χ4v) is 0. The quantitative estimate of drug-likeness (QED) is 0.324. The Bertz CT molecular complexity index is 24.6. The molecule has 0 atom stereocenters. The first-order valence-corrected chi connectivity index (χ1v) is 1.15. The molecule has 0 aliphatic carbocycles. The molecule has 0 nitrogen and oxygen atoms in total. The molecule has 0 amide bonds. The van der Waals surface area contributed by atoms with E-state index >= 15 is 0 Å². The molecule has 0 saturated heterocycles. The summed E-state index contributed by atoms with van der Waals surface area (Å²) in [7, 11) is 0. The minimum absolute atomic E-state index is 0. The van der Waals surface area contributed by atoms with Gasteiger partial charge in [-0.15, -0.1) is 0 Å². The molecule has 0 aromatic rings. The molecule has 0 heterocycles. The van der Waals surface area contributed by atoms with Gasteiger partial charge in [0.25, 0.3) is 0 Å². The van der Waals surface area contributed by atoms with Crippen LogP contribution in [0.15, 0.2) is 25.3 Å². The monoisotopic (exact) mass is 78.0 g/mol.